The number of carbonyl (C=O) groups is 2. The average molecular weight is 433 g/mol. The third-order valence-corrected chi connectivity index (χ3v) is 6.34. The topological polar surface area (TPSA) is 49.9 Å². The van der Waals surface area contributed by atoms with Crippen LogP contribution in [0.5, 0.6) is 0 Å². The van der Waals surface area contributed by atoms with Crippen LogP contribution >= 0.6 is 11.6 Å². The van der Waals surface area contributed by atoms with E-state index in [1.54, 1.807) is 17.2 Å². The Labute approximate surface area is 185 Å². The fraction of sp³-hybridized carbons (Fsp3) is 0.200. The maximum absolute atomic E-state index is 13.6. The maximum atomic E-state index is 13.6. The Bertz CT molecular complexity index is 1160. The van der Waals surface area contributed by atoms with Gasteiger partial charge in [-0.25, -0.2) is 9.96 Å². The number of aryl methyl sites for hydroxylation is 2. The van der Waals surface area contributed by atoms with Gasteiger partial charge < -0.3 is 0 Å². The van der Waals surface area contributed by atoms with Crippen LogP contribution in [0.3, 0.4) is 0 Å². The number of hydroxylamine groups is 1. The number of benzene rings is 3. The lowest BCUT2D eigenvalue weighted by Gasteiger charge is -2.29. The summed E-state index contributed by atoms with van der Waals surface area (Å²) >= 11 is 6.09. The van der Waals surface area contributed by atoms with Gasteiger partial charge in [0.2, 0.25) is 5.91 Å². The lowest BCUT2D eigenvalue weighted by Crippen LogP contribution is -2.37. The van der Waals surface area contributed by atoms with Crippen molar-refractivity contribution in [1.29, 1.82) is 0 Å². The van der Waals surface area contributed by atoms with Gasteiger partial charge in [-0.3, -0.25) is 14.4 Å². The molecule has 2 aliphatic rings. The summed E-state index contributed by atoms with van der Waals surface area (Å²) in [5.74, 6) is -1.25. The minimum Gasteiger partial charge on any atom is -0.273 e. The van der Waals surface area contributed by atoms with E-state index in [0.29, 0.717) is 10.7 Å². The van der Waals surface area contributed by atoms with Crippen LogP contribution in [-0.4, -0.2) is 17.9 Å². The van der Waals surface area contributed by atoms with Crippen LogP contribution in [-0.2, 0) is 14.4 Å². The van der Waals surface area contributed by atoms with E-state index in [2.05, 4.69) is 0 Å². The highest BCUT2D eigenvalue weighted by atomic mass is 35.5. The van der Waals surface area contributed by atoms with E-state index in [0.717, 1.165) is 22.4 Å². The summed E-state index contributed by atoms with van der Waals surface area (Å²) in [7, 11) is 0. The van der Waals surface area contributed by atoms with Crippen LogP contribution in [0, 0.1) is 19.8 Å². The lowest BCUT2D eigenvalue weighted by molar-refractivity contribution is -0.126. The standard InChI is InChI=1S/C25H21ClN2O3/c1-15-8-13-20(14-16(15)2)27-24(29)21-22(17-9-11-18(26)12-10-17)28(31-23(21)25(27)30)19-6-4-3-5-7-19/h3-14,21-23H,1-2H3/t21-,22-,23+/m1/s1. The summed E-state index contributed by atoms with van der Waals surface area (Å²) in [6.07, 6.45) is -0.880. The number of para-hydroxylation sites is 1. The van der Waals surface area contributed by atoms with Crippen molar-refractivity contribution in [3.05, 3.63) is 94.5 Å². The highest BCUT2D eigenvalue weighted by Gasteiger charge is 2.60. The van der Waals surface area contributed by atoms with Gasteiger partial charge in [-0.15, -0.1) is 0 Å². The first-order valence-electron chi connectivity index (χ1n) is 10.2. The van der Waals surface area contributed by atoms with Gasteiger partial charge >= 0.3 is 0 Å². The van der Waals surface area contributed by atoms with Gasteiger partial charge in [0.1, 0.15) is 5.92 Å². The lowest BCUT2D eigenvalue weighted by atomic mass is 9.90. The fourth-order valence-corrected chi connectivity index (χ4v) is 4.46. The van der Waals surface area contributed by atoms with Crippen molar-refractivity contribution in [3.8, 4) is 0 Å². The molecule has 2 fully saturated rings. The number of hydrogen-bond donors (Lipinski definition) is 0. The van der Waals surface area contributed by atoms with Crippen LogP contribution in [0.15, 0.2) is 72.8 Å². The van der Waals surface area contributed by atoms with Crippen molar-refractivity contribution in [1.82, 2.24) is 0 Å². The van der Waals surface area contributed by atoms with Crippen LogP contribution in [0.25, 0.3) is 0 Å². The van der Waals surface area contributed by atoms with Gasteiger partial charge in [-0.2, -0.15) is 0 Å². The summed E-state index contributed by atoms with van der Waals surface area (Å²) < 4.78 is 0. The third-order valence-electron chi connectivity index (χ3n) is 6.09. The molecule has 0 bridgehead atoms. The SMILES string of the molecule is Cc1ccc(N2C(=O)[C@H]3[C@H](ON(c4ccccc4)[C@@H]3c3ccc(Cl)cc3)C2=O)cc1C. The molecule has 31 heavy (non-hydrogen) atoms. The molecule has 0 aromatic heterocycles. The molecule has 5 nitrogen and oxygen atoms in total. The summed E-state index contributed by atoms with van der Waals surface area (Å²) in [6.45, 7) is 3.97. The zero-order valence-electron chi connectivity index (χ0n) is 17.2. The molecule has 0 spiro atoms. The molecule has 0 unspecified atom stereocenters. The molecule has 0 saturated carbocycles. The van der Waals surface area contributed by atoms with Crippen LogP contribution in [0.2, 0.25) is 5.02 Å². The van der Waals surface area contributed by atoms with E-state index in [1.807, 2.05) is 74.5 Å². The van der Waals surface area contributed by atoms with E-state index in [-0.39, 0.29) is 11.8 Å². The van der Waals surface area contributed by atoms with Gasteiger partial charge in [0.05, 0.1) is 17.4 Å². The van der Waals surface area contributed by atoms with Gasteiger partial charge in [-0.1, -0.05) is 48.0 Å². The van der Waals surface area contributed by atoms with E-state index in [1.165, 1.54) is 4.90 Å². The summed E-state index contributed by atoms with van der Waals surface area (Å²) in [4.78, 5) is 34.3. The van der Waals surface area contributed by atoms with Gasteiger partial charge in [0.25, 0.3) is 5.91 Å². The number of amides is 2. The highest BCUT2D eigenvalue weighted by Crippen LogP contribution is 2.47. The molecule has 2 aliphatic heterocycles. The fourth-order valence-electron chi connectivity index (χ4n) is 4.33. The number of halogens is 1. The molecule has 0 aliphatic carbocycles. The minimum absolute atomic E-state index is 0.253. The van der Waals surface area contributed by atoms with Gasteiger partial charge in [-0.05, 0) is 66.9 Å². The molecule has 5 rings (SSSR count). The van der Waals surface area contributed by atoms with Crippen LogP contribution in [0.1, 0.15) is 22.7 Å². The van der Waals surface area contributed by atoms with Gasteiger partial charge in [0, 0.05) is 5.02 Å². The Morgan fingerprint density at radius 3 is 2.19 bits per heavy atom. The summed E-state index contributed by atoms with van der Waals surface area (Å²) in [5.41, 5.74) is 4.36. The zero-order valence-corrected chi connectivity index (χ0v) is 17.9. The number of carbonyl (C=O) groups excluding carboxylic acids is 2. The first-order valence-corrected chi connectivity index (χ1v) is 10.5. The quantitative estimate of drug-likeness (QED) is 0.546. The average Bonchev–Trinajstić information content (AvgIpc) is 3.28. The molecule has 3 aromatic rings. The Balaban J connectivity index is 1.58. The summed E-state index contributed by atoms with van der Waals surface area (Å²) in [5, 5.41) is 2.29. The van der Waals surface area contributed by atoms with Gasteiger partial charge in [0.15, 0.2) is 6.10 Å². The first-order chi connectivity index (χ1) is 15.0. The molecular weight excluding hydrogens is 412 g/mol. The smallest absolute Gasteiger partial charge is 0.266 e. The molecule has 6 heteroatoms. The Kier molecular flexibility index (Phi) is 4.80. The molecule has 0 N–H and O–H groups in total. The molecular formula is C25H21ClN2O3. The Morgan fingerprint density at radius 2 is 1.52 bits per heavy atom. The number of rotatable bonds is 3. The second kappa shape index (κ2) is 7.52. The number of hydrogen-bond acceptors (Lipinski definition) is 4. The van der Waals surface area contributed by atoms with Crippen molar-refractivity contribution in [2.24, 2.45) is 5.92 Å². The Morgan fingerprint density at radius 1 is 0.806 bits per heavy atom. The number of imide groups is 1. The van der Waals surface area contributed by atoms with E-state index >= 15 is 0 Å². The molecule has 2 saturated heterocycles. The van der Waals surface area contributed by atoms with Crippen molar-refractivity contribution in [3.63, 3.8) is 0 Å². The number of anilines is 2. The minimum atomic E-state index is -0.880. The molecule has 3 aromatic carbocycles. The zero-order chi connectivity index (χ0) is 21.7. The Hall–Kier alpha value is -3.15. The highest BCUT2D eigenvalue weighted by molar-refractivity contribution is 6.30. The normalized spacial score (nSPS) is 22.9. The van der Waals surface area contributed by atoms with Crippen molar-refractivity contribution in [2.45, 2.75) is 26.0 Å². The first kappa shape index (κ1) is 19.8. The molecule has 156 valence electrons. The second-order valence-corrected chi connectivity index (χ2v) is 8.43. The van der Waals surface area contributed by atoms with Crippen LogP contribution < -0.4 is 9.96 Å². The number of fused-ring (bicyclic) bond motifs is 1. The molecule has 2 amide bonds. The monoisotopic (exact) mass is 432 g/mol. The van der Waals surface area contributed by atoms with E-state index < -0.39 is 18.1 Å². The maximum Gasteiger partial charge on any atom is 0.266 e. The summed E-state index contributed by atoms with van der Waals surface area (Å²) in [6, 6.07) is 22.0. The predicted molar refractivity (Wildman–Crippen MR) is 120 cm³/mol. The van der Waals surface area contributed by atoms with Crippen molar-refractivity contribution in [2.75, 3.05) is 9.96 Å². The van der Waals surface area contributed by atoms with E-state index in [4.69, 9.17) is 16.4 Å². The van der Waals surface area contributed by atoms with Crippen molar-refractivity contribution >= 4 is 34.8 Å². The predicted octanol–water partition coefficient (Wildman–Crippen LogP) is 5.01. The van der Waals surface area contributed by atoms with E-state index in [9.17, 15) is 9.59 Å². The molecule has 3 atom stereocenters. The third kappa shape index (κ3) is 3.21. The number of nitrogens with zero attached hydrogens (tertiary/aromatic N) is 2. The second-order valence-electron chi connectivity index (χ2n) is 7.99. The van der Waals surface area contributed by atoms with Crippen LogP contribution in [0.4, 0.5) is 11.4 Å². The van der Waals surface area contributed by atoms with Crippen molar-refractivity contribution < 1.29 is 14.4 Å². The molecule has 2 heterocycles. The largest absolute Gasteiger partial charge is 0.273 e. The molecule has 0 radical (unpaired) electrons.